The summed E-state index contributed by atoms with van der Waals surface area (Å²) in [5.41, 5.74) is 0. The highest BCUT2D eigenvalue weighted by atomic mass is 32.3. The van der Waals surface area contributed by atoms with Crippen LogP contribution < -0.4 is 0 Å². The molecule has 0 radical (unpaired) electrons. The molecule has 0 aromatic rings. The Bertz CT molecular complexity index is 278. The minimum atomic E-state index is -3.22. The topological polar surface area (TPSA) is 35.5 Å². The molecule has 0 fully saturated rings. The van der Waals surface area contributed by atoms with E-state index in [9.17, 15) is 4.57 Å². The van der Waals surface area contributed by atoms with Gasteiger partial charge in [0, 0.05) is 0 Å². The zero-order chi connectivity index (χ0) is 15.1. The minimum Gasteiger partial charge on any atom is -0.304 e. The summed E-state index contributed by atoms with van der Waals surface area (Å²) in [6, 6.07) is 0. The predicted octanol–water partition coefficient (Wildman–Crippen LogP) is 5.51. The summed E-state index contributed by atoms with van der Waals surface area (Å²) in [5.74, 6) is 1.75. The van der Waals surface area contributed by atoms with Gasteiger partial charge in [-0.1, -0.05) is 13.8 Å². The van der Waals surface area contributed by atoms with Crippen LogP contribution in [0.15, 0.2) is 0 Å². The molecule has 0 aliphatic carbocycles. The van der Waals surface area contributed by atoms with E-state index < -0.39 is 10.7 Å². The lowest BCUT2D eigenvalue weighted by Gasteiger charge is -2.38. The lowest BCUT2D eigenvalue weighted by atomic mass is 10.5. The van der Waals surface area contributed by atoms with Crippen LogP contribution in [-0.4, -0.2) is 33.1 Å². The summed E-state index contributed by atoms with van der Waals surface area (Å²) in [6.45, 7) is 11.7. The second kappa shape index (κ2) is 9.26. The van der Waals surface area contributed by atoms with Gasteiger partial charge >= 0.3 is 7.60 Å². The molecule has 0 spiro atoms. The summed E-state index contributed by atoms with van der Waals surface area (Å²) < 4.78 is 24.3. The molecule has 0 heterocycles. The summed E-state index contributed by atoms with van der Waals surface area (Å²) in [6.07, 6.45) is 1.74. The summed E-state index contributed by atoms with van der Waals surface area (Å²) in [5, 5.41) is 0. The van der Waals surface area contributed by atoms with E-state index >= 15 is 0 Å². The van der Waals surface area contributed by atoms with E-state index in [0.717, 1.165) is 11.5 Å². The summed E-state index contributed by atoms with van der Waals surface area (Å²) >= 11 is 4.87. The molecule has 0 aromatic carbocycles. The molecule has 0 aromatic heterocycles. The molecule has 3 nitrogen and oxygen atoms in total. The van der Waals surface area contributed by atoms with Crippen molar-refractivity contribution in [3.63, 3.8) is 0 Å². The van der Waals surface area contributed by atoms with Gasteiger partial charge in [-0.05, 0) is 45.5 Å². The Morgan fingerprint density at radius 2 is 1.37 bits per heavy atom. The van der Waals surface area contributed by atoms with Crippen LogP contribution in [0, 0.1) is 0 Å². The normalized spacial score (nSPS) is 13.5. The van der Waals surface area contributed by atoms with Crippen molar-refractivity contribution in [3.8, 4) is 0 Å². The smallest absolute Gasteiger partial charge is 0.304 e. The first-order valence-electron chi connectivity index (χ1n) is 6.56. The average Bonchev–Trinajstić information content (AvgIpc) is 2.26. The number of hydrogen-bond acceptors (Lipinski definition) is 6. The lowest BCUT2D eigenvalue weighted by molar-refractivity contribution is 0.143. The van der Waals surface area contributed by atoms with Crippen LogP contribution in [0.25, 0.3) is 0 Å². The van der Waals surface area contributed by atoms with Gasteiger partial charge in [-0.3, -0.25) is 4.57 Å². The third-order valence-electron chi connectivity index (χ3n) is 1.95. The molecular formula is C12H27O3PS3. The molecule has 0 unspecified atom stereocenters. The van der Waals surface area contributed by atoms with Crippen LogP contribution in [0.5, 0.6) is 0 Å². The first-order chi connectivity index (χ1) is 8.76. The molecule has 0 rings (SSSR count). The summed E-state index contributed by atoms with van der Waals surface area (Å²) in [4.78, 5) is 0. The molecule has 7 heteroatoms. The Kier molecular flexibility index (Phi) is 9.85. The second-order valence-corrected chi connectivity index (χ2v) is 12.1. The average molecular weight is 347 g/mol. The van der Waals surface area contributed by atoms with E-state index in [1.54, 1.807) is 35.3 Å². The van der Waals surface area contributed by atoms with Crippen LogP contribution in [0.4, 0.5) is 0 Å². The van der Waals surface area contributed by atoms with Gasteiger partial charge in [0.15, 0.2) is 0 Å². The van der Waals surface area contributed by atoms with Gasteiger partial charge in [-0.25, -0.2) is 0 Å². The maximum atomic E-state index is 13.4. The van der Waals surface area contributed by atoms with Crippen LogP contribution in [0.2, 0.25) is 0 Å². The Labute approximate surface area is 131 Å². The highest BCUT2D eigenvalue weighted by molar-refractivity contribution is 8.40. The first kappa shape index (κ1) is 20.2. The van der Waals surface area contributed by atoms with Crippen molar-refractivity contribution in [2.75, 3.05) is 17.8 Å². The van der Waals surface area contributed by atoms with Gasteiger partial charge in [0.25, 0.3) is 0 Å². The lowest BCUT2D eigenvalue weighted by Crippen LogP contribution is -2.24. The predicted molar refractivity (Wildman–Crippen MR) is 92.6 cm³/mol. The van der Waals surface area contributed by atoms with Gasteiger partial charge in [-0.2, -0.15) is 0 Å². The quantitative estimate of drug-likeness (QED) is 0.383. The fourth-order valence-corrected chi connectivity index (χ4v) is 10.0. The molecule has 0 aliphatic rings. The fourth-order valence-electron chi connectivity index (χ4n) is 1.50. The van der Waals surface area contributed by atoms with Gasteiger partial charge in [0.1, 0.15) is 0 Å². The molecule has 0 atom stereocenters. The van der Waals surface area contributed by atoms with Crippen molar-refractivity contribution < 1.29 is 13.6 Å². The number of rotatable bonds is 10. The SMILES string of the molecule is CCSC(SC)(SCC)P(=O)(OC(C)C)OC(C)C. The number of thioether (sulfide) groups is 3. The summed E-state index contributed by atoms with van der Waals surface area (Å²) in [7, 11) is -3.22. The molecule has 0 saturated heterocycles. The fraction of sp³-hybridized carbons (Fsp3) is 1.00. The van der Waals surface area contributed by atoms with Crippen molar-refractivity contribution in [2.45, 2.75) is 56.9 Å². The Hall–Kier alpha value is 1.20. The maximum Gasteiger partial charge on any atom is 0.367 e. The molecule has 0 amide bonds. The van der Waals surface area contributed by atoms with Gasteiger partial charge in [0.2, 0.25) is 3.15 Å². The molecule has 0 bridgehead atoms. The third-order valence-corrected chi connectivity index (χ3v) is 11.6. The Morgan fingerprint density at radius 3 is 1.58 bits per heavy atom. The van der Waals surface area contributed by atoms with E-state index in [4.69, 9.17) is 9.05 Å². The van der Waals surface area contributed by atoms with Crippen LogP contribution in [-0.2, 0) is 13.6 Å². The van der Waals surface area contributed by atoms with Crippen molar-refractivity contribution in [3.05, 3.63) is 0 Å². The Balaban J connectivity index is 5.50. The van der Waals surface area contributed by atoms with E-state index in [-0.39, 0.29) is 12.2 Å². The molecule has 0 aliphatic heterocycles. The maximum absolute atomic E-state index is 13.4. The van der Waals surface area contributed by atoms with Crippen molar-refractivity contribution in [1.29, 1.82) is 0 Å². The third kappa shape index (κ3) is 5.84. The van der Waals surface area contributed by atoms with E-state index in [0.29, 0.717) is 0 Å². The van der Waals surface area contributed by atoms with E-state index in [2.05, 4.69) is 13.8 Å². The van der Waals surface area contributed by atoms with Crippen LogP contribution >= 0.6 is 42.9 Å². The zero-order valence-electron chi connectivity index (χ0n) is 13.0. The molecule has 0 N–H and O–H groups in total. The largest absolute Gasteiger partial charge is 0.367 e. The molecule has 0 saturated carbocycles. The van der Waals surface area contributed by atoms with Crippen LogP contribution in [0.3, 0.4) is 0 Å². The highest BCUT2D eigenvalue weighted by Gasteiger charge is 2.52. The zero-order valence-corrected chi connectivity index (χ0v) is 16.3. The second-order valence-electron chi connectivity index (χ2n) is 4.40. The van der Waals surface area contributed by atoms with Gasteiger partial charge in [0.05, 0.1) is 12.2 Å². The van der Waals surface area contributed by atoms with Gasteiger partial charge in [-0.15, -0.1) is 35.3 Å². The van der Waals surface area contributed by atoms with Crippen LogP contribution in [0.1, 0.15) is 41.5 Å². The highest BCUT2D eigenvalue weighted by Crippen LogP contribution is 2.74. The van der Waals surface area contributed by atoms with Crippen molar-refractivity contribution in [1.82, 2.24) is 0 Å². The van der Waals surface area contributed by atoms with Crippen molar-refractivity contribution >= 4 is 42.9 Å². The number of hydrogen-bond donors (Lipinski definition) is 0. The molecule has 116 valence electrons. The molecule has 19 heavy (non-hydrogen) atoms. The first-order valence-corrected chi connectivity index (χ1v) is 11.3. The minimum absolute atomic E-state index is 0.119. The standard InChI is InChI=1S/C12H27O3PS3/c1-8-18-12(17-7,19-9-2)16(13,14-10(3)4)15-11(5)6/h10-11H,8-9H2,1-7H3. The molecular weight excluding hydrogens is 319 g/mol. The van der Waals surface area contributed by atoms with E-state index in [1.807, 2.05) is 34.0 Å². The van der Waals surface area contributed by atoms with Gasteiger partial charge < -0.3 is 9.05 Å². The van der Waals surface area contributed by atoms with E-state index in [1.165, 1.54) is 0 Å². The van der Waals surface area contributed by atoms with Crippen molar-refractivity contribution in [2.24, 2.45) is 0 Å². The monoisotopic (exact) mass is 346 g/mol. The Morgan fingerprint density at radius 1 is 1.00 bits per heavy atom.